The second kappa shape index (κ2) is 10.6. The topological polar surface area (TPSA) is 76.1 Å². The number of hydrogen-bond donors (Lipinski definition) is 1. The fourth-order valence-electron chi connectivity index (χ4n) is 6.58. The minimum Gasteiger partial charge on any atom is -0.443 e. The van der Waals surface area contributed by atoms with E-state index in [0.717, 1.165) is 16.8 Å². The van der Waals surface area contributed by atoms with Crippen LogP contribution < -0.4 is 10.4 Å². The molecule has 2 fully saturated rings. The fourth-order valence-corrected chi connectivity index (χ4v) is 11.2. The average Bonchev–Trinajstić information content (AvgIpc) is 3.16. The Morgan fingerprint density at radius 1 is 0.974 bits per heavy atom. The summed E-state index contributed by atoms with van der Waals surface area (Å²) in [5.41, 5.74) is -1.54. The molecule has 1 N–H and O–H groups in total. The fraction of sp³-hybridized carbons (Fsp3) is 0.548. The highest BCUT2D eigenvalue weighted by atomic mass is 28.4. The Morgan fingerprint density at radius 3 is 2.03 bits per heavy atom. The number of nitrogens with zero attached hydrogens (tertiary/aromatic N) is 1. The third-order valence-electron chi connectivity index (χ3n) is 8.20. The number of carbonyl (C=O) groups is 2. The molecule has 2 amide bonds. The summed E-state index contributed by atoms with van der Waals surface area (Å²) in [5.74, 6) is -0.638. The van der Waals surface area contributed by atoms with Crippen molar-refractivity contribution in [2.75, 3.05) is 6.61 Å². The van der Waals surface area contributed by atoms with Crippen molar-refractivity contribution in [3.8, 4) is 0 Å². The van der Waals surface area contributed by atoms with Crippen LogP contribution in [0.5, 0.6) is 0 Å². The zero-order valence-corrected chi connectivity index (χ0v) is 24.7. The van der Waals surface area contributed by atoms with Crippen molar-refractivity contribution in [2.24, 2.45) is 5.92 Å². The van der Waals surface area contributed by atoms with Gasteiger partial charge in [-0.15, -0.1) is 0 Å². The minimum atomic E-state index is -2.87. The quantitative estimate of drug-likeness (QED) is 0.542. The summed E-state index contributed by atoms with van der Waals surface area (Å²) in [7, 11) is -2.87. The monoisotopic (exact) mass is 537 g/mol. The van der Waals surface area contributed by atoms with Crippen LogP contribution in [-0.4, -0.2) is 54.2 Å². The molecular formula is C31H43NO5Si. The number of ether oxygens (including phenoxy) is 1. The van der Waals surface area contributed by atoms with Crippen molar-refractivity contribution in [3.05, 3.63) is 60.7 Å². The molecule has 2 aromatic carbocycles. The summed E-state index contributed by atoms with van der Waals surface area (Å²) in [6, 6.07) is 20.8. The van der Waals surface area contributed by atoms with Gasteiger partial charge in [-0.05, 0) is 61.9 Å². The maximum Gasteiger partial charge on any atom is 0.417 e. The molecule has 4 rings (SSSR count). The molecular weight excluding hydrogens is 494 g/mol. The van der Waals surface area contributed by atoms with Crippen molar-refractivity contribution in [1.29, 1.82) is 0 Å². The largest absolute Gasteiger partial charge is 0.443 e. The molecule has 38 heavy (non-hydrogen) atoms. The molecule has 7 heteroatoms. The Hall–Kier alpha value is -2.48. The highest BCUT2D eigenvalue weighted by Crippen LogP contribution is 2.48. The first kappa shape index (κ1) is 28.5. The number of imide groups is 1. The molecule has 1 aliphatic carbocycles. The van der Waals surface area contributed by atoms with E-state index in [1.807, 2.05) is 36.4 Å². The third-order valence-corrected chi connectivity index (χ3v) is 13.2. The van der Waals surface area contributed by atoms with E-state index in [-0.39, 0.29) is 24.0 Å². The molecule has 2 aliphatic rings. The maximum absolute atomic E-state index is 13.4. The molecule has 0 unspecified atom stereocenters. The molecule has 206 valence electrons. The highest BCUT2D eigenvalue weighted by Gasteiger charge is 2.59. The van der Waals surface area contributed by atoms with Crippen LogP contribution in [0, 0.1) is 5.92 Å². The number of amides is 2. The summed E-state index contributed by atoms with van der Waals surface area (Å²) in [5, 5.41) is 13.5. The average molecular weight is 538 g/mol. The van der Waals surface area contributed by atoms with E-state index in [0.29, 0.717) is 19.3 Å². The number of rotatable bonds is 5. The zero-order chi connectivity index (χ0) is 27.8. The second-order valence-corrected chi connectivity index (χ2v) is 17.2. The molecule has 2 aromatic rings. The van der Waals surface area contributed by atoms with Gasteiger partial charge >= 0.3 is 6.09 Å². The number of likely N-dealkylation sites (tertiary alicyclic amines) is 1. The van der Waals surface area contributed by atoms with E-state index in [1.165, 1.54) is 4.90 Å². The van der Waals surface area contributed by atoms with Gasteiger partial charge in [-0.2, -0.15) is 0 Å². The Kier molecular flexibility index (Phi) is 7.95. The SMILES string of the molecule is CC(C)(C)OC(=O)N1C(=O)CC[C@@]12CCC[C@H](O)[C@@H]2CO[Si](c1ccccc1)(c1ccccc1)C(C)(C)C. The van der Waals surface area contributed by atoms with Gasteiger partial charge in [0.2, 0.25) is 5.91 Å². The molecule has 1 aliphatic heterocycles. The Balaban J connectivity index is 1.77. The van der Waals surface area contributed by atoms with Gasteiger partial charge in [-0.25, -0.2) is 9.69 Å². The van der Waals surface area contributed by atoms with Crippen LogP contribution in [0.2, 0.25) is 5.04 Å². The predicted octanol–water partition coefficient (Wildman–Crippen LogP) is 5.02. The zero-order valence-electron chi connectivity index (χ0n) is 23.7. The summed E-state index contributed by atoms with van der Waals surface area (Å²) in [4.78, 5) is 27.8. The first-order chi connectivity index (χ1) is 17.8. The van der Waals surface area contributed by atoms with Gasteiger partial charge in [0.15, 0.2) is 0 Å². The van der Waals surface area contributed by atoms with Gasteiger partial charge in [-0.1, -0.05) is 81.4 Å². The number of carbonyl (C=O) groups excluding carboxylic acids is 2. The van der Waals surface area contributed by atoms with Crippen LogP contribution in [0.1, 0.15) is 73.6 Å². The second-order valence-electron chi connectivity index (χ2n) is 12.9. The van der Waals surface area contributed by atoms with Gasteiger partial charge in [0, 0.05) is 18.9 Å². The van der Waals surface area contributed by atoms with Gasteiger partial charge < -0.3 is 14.3 Å². The molecule has 0 aromatic heterocycles. The lowest BCUT2D eigenvalue weighted by molar-refractivity contribution is -0.136. The van der Waals surface area contributed by atoms with Crippen LogP contribution in [0.4, 0.5) is 4.79 Å². The molecule has 1 heterocycles. The van der Waals surface area contributed by atoms with Gasteiger partial charge in [0.1, 0.15) is 5.60 Å². The van der Waals surface area contributed by atoms with Crippen molar-refractivity contribution in [2.45, 2.75) is 95.9 Å². The summed E-state index contributed by atoms with van der Waals surface area (Å²) in [6.45, 7) is 12.3. The van der Waals surface area contributed by atoms with Crippen molar-refractivity contribution in [3.63, 3.8) is 0 Å². The third kappa shape index (κ3) is 5.20. The van der Waals surface area contributed by atoms with E-state index in [1.54, 1.807) is 20.8 Å². The first-order valence-corrected chi connectivity index (χ1v) is 15.7. The molecule has 6 nitrogen and oxygen atoms in total. The molecule has 1 spiro atoms. The van der Waals surface area contributed by atoms with Crippen molar-refractivity contribution >= 4 is 30.7 Å². The lowest BCUT2D eigenvalue weighted by Gasteiger charge is -2.50. The molecule has 0 radical (unpaired) electrons. The van der Waals surface area contributed by atoms with Gasteiger partial charge in [0.25, 0.3) is 8.32 Å². The smallest absolute Gasteiger partial charge is 0.417 e. The van der Waals surface area contributed by atoms with E-state index in [2.05, 4.69) is 45.0 Å². The molecule has 1 saturated heterocycles. The number of hydrogen-bond acceptors (Lipinski definition) is 5. The summed E-state index contributed by atoms with van der Waals surface area (Å²) >= 11 is 0. The lowest BCUT2D eigenvalue weighted by Crippen LogP contribution is -2.68. The van der Waals surface area contributed by atoms with E-state index >= 15 is 0 Å². The van der Waals surface area contributed by atoms with Crippen molar-refractivity contribution < 1.29 is 23.9 Å². The first-order valence-electron chi connectivity index (χ1n) is 13.8. The maximum atomic E-state index is 13.4. The van der Waals surface area contributed by atoms with E-state index < -0.39 is 37.6 Å². The summed E-state index contributed by atoms with van der Waals surface area (Å²) in [6.07, 6.45) is 1.47. The minimum absolute atomic E-state index is 0.223. The van der Waals surface area contributed by atoms with Crippen LogP contribution in [0.15, 0.2) is 60.7 Å². The Bertz CT molecular complexity index is 1080. The molecule has 3 atom stereocenters. The predicted molar refractivity (Wildman–Crippen MR) is 152 cm³/mol. The summed E-state index contributed by atoms with van der Waals surface area (Å²) < 4.78 is 12.9. The number of aliphatic hydroxyl groups is 1. The Labute approximate surface area is 228 Å². The molecule has 1 saturated carbocycles. The molecule has 0 bridgehead atoms. The normalized spacial score (nSPS) is 24.6. The number of benzene rings is 2. The van der Waals surface area contributed by atoms with Gasteiger partial charge in [-0.3, -0.25) is 4.79 Å². The number of aliphatic hydroxyl groups excluding tert-OH is 1. The van der Waals surface area contributed by atoms with E-state index in [9.17, 15) is 14.7 Å². The van der Waals surface area contributed by atoms with Crippen LogP contribution in [0.3, 0.4) is 0 Å². The van der Waals surface area contributed by atoms with Crippen LogP contribution in [0.25, 0.3) is 0 Å². The lowest BCUT2D eigenvalue weighted by atomic mass is 9.70. The van der Waals surface area contributed by atoms with Gasteiger partial charge in [0.05, 0.1) is 11.6 Å². The van der Waals surface area contributed by atoms with Crippen LogP contribution in [-0.2, 0) is 14.0 Å². The highest BCUT2D eigenvalue weighted by molar-refractivity contribution is 6.99. The van der Waals surface area contributed by atoms with Crippen LogP contribution >= 0.6 is 0 Å². The van der Waals surface area contributed by atoms with E-state index in [4.69, 9.17) is 9.16 Å². The van der Waals surface area contributed by atoms with Crippen molar-refractivity contribution in [1.82, 2.24) is 4.90 Å². The Morgan fingerprint density at radius 2 is 1.53 bits per heavy atom. The standard InChI is InChI=1S/C31H43NO5Si/c1-29(2,3)37-28(35)32-27(34)19-21-31(32)20-13-18-26(33)25(31)22-36-38(30(4,5)6,23-14-9-7-10-15-23)24-16-11-8-12-17-24/h7-12,14-17,25-26,33H,13,18-22H2,1-6H3/t25-,26-,31+/m0/s1.